The van der Waals surface area contributed by atoms with E-state index in [-0.39, 0.29) is 11.8 Å². The summed E-state index contributed by atoms with van der Waals surface area (Å²) < 4.78 is 1.63. The minimum Gasteiger partial charge on any atom is -0.481 e. The van der Waals surface area contributed by atoms with Crippen molar-refractivity contribution in [1.82, 2.24) is 15.0 Å². The third kappa shape index (κ3) is 0.975. The van der Waals surface area contributed by atoms with Gasteiger partial charge in [0.05, 0.1) is 17.8 Å². The van der Waals surface area contributed by atoms with Gasteiger partial charge in [0.25, 0.3) is 0 Å². The predicted molar refractivity (Wildman–Crippen MR) is 39.5 cm³/mol. The molecule has 2 atom stereocenters. The number of nitrogens with zero attached hydrogens (tertiary/aromatic N) is 3. The molecule has 1 aliphatic carbocycles. The van der Waals surface area contributed by atoms with Crippen molar-refractivity contribution in [3.63, 3.8) is 0 Å². The highest BCUT2D eigenvalue weighted by molar-refractivity contribution is 5.74. The Labute approximate surface area is 69.0 Å². The Morgan fingerprint density at radius 1 is 1.83 bits per heavy atom. The van der Waals surface area contributed by atoms with Crippen LogP contribution in [0.4, 0.5) is 0 Å². The molecule has 5 heteroatoms. The molecule has 1 aromatic rings. The molecule has 1 fully saturated rings. The van der Waals surface area contributed by atoms with Crippen molar-refractivity contribution >= 4 is 5.97 Å². The van der Waals surface area contributed by atoms with Crippen LogP contribution in [-0.2, 0) is 11.8 Å². The van der Waals surface area contributed by atoms with E-state index in [1.165, 1.54) is 0 Å². The highest BCUT2D eigenvalue weighted by Gasteiger charge is 2.45. The smallest absolute Gasteiger partial charge is 0.307 e. The fourth-order valence-corrected chi connectivity index (χ4v) is 1.43. The minimum absolute atomic E-state index is 0.127. The van der Waals surface area contributed by atoms with Gasteiger partial charge in [0.1, 0.15) is 0 Å². The van der Waals surface area contributed by atoms with Crippen molar-refractivity contribution in [1.29, 1.82) is 0 Å². The first kappa shape index (κ1) is 7.27. The molecule has 2 unspecified atom stereocenters. The van der Waals surface area contributed by atoms with E-state index in [0.29, 0.717) is 0 Å². The maximum absolute atomic E-state index is 10.5. The molecule has 64 valence electrons. The molecule has 0 saturated heterocycles. The van der Waals surface area contributed by atoms with Gasteiger partial charge in [-0.25, -0.2) is 0 Å². The van der Waals surface area contributed by atoms with Gasteiger partial charge in [-0.05, 0) is 6.42 Å². The van der Waals surface area contributed by atoms with Gasteiger partial charge in [0, 0.05) is 13.0 Å². The molecule has 1 N–H and O–H groups in total. The van der Waals surface area contributed by atoms with Crippen LogP contribution >= 0.6 is 0 Å². The molecule has 0 bridgehead atoms. The van der Waals surface area contributed by atoms with Gasteiger partial charge >= 0.3 is 5.97 Å². The SMILES string of the molecule is Cn1nncc1C1CC1C(=O)O. The molecular formula is C7H9N3O2. The summed E-state index contributed by atoms with van der Waals surface area (Å²) in [6.45, 7) is 0. The number of rotatable bonds is 2. The Hall–Kier alpha value is -1.39. The van der Waals surface area contributed by atoms with E-state index < -0.39 is 5.97 Å². The van der Waals surface area contributed by atoms with Gasteiger partial charge in [0.15, 0.2) is 0 Å². The van der Waals surface area contributed by atoms with Gasteiger partial charge in [0.2, 0.25) is 0 Å². The van der Waals surface area contributed by atoms with E-state index in [1.54, 1.807) is 17.9 Å². The molecule has 0 spiro atoms. The second kappa shape index (κ2) is 2.30. The zero-order valence-corrected chi connectivity index (χ0v) is 6.64. The predicted octanol–water partition coefficient (Wildman–Crippen LogP) is 0.00320. The van der Waals surface area contributed by atoms with Crippen molar-refractivity contribution in [3.05, 3.63) is 11.9 Å². The average molecular weight is 167 g/mol. The summed E-state index contributed by atoms with van der Waals surface area (Å²) in [7, 11) is 1.78. The Morgan fingerprint density at radius 2 is 2.58 bits per heavy atom. The standard InChI is InChI=1S/C7H9N3O2/c1-10-6(3-8-9-10)4-2-5(4)7(11)12/h3-5H,2H2,1H3,(H,11,12). The van der Waals surface area contributed by atoms with Crippen LogP contribution in [0, 0.1) is 5.92 Å². The fourth-order valence-electron chi connectivity index (χ4n) is 1.43. The van der Waals surface area contributed by atoms with Crippen molar-refractivity contribution in [3.8, 4) is 0 Å². The number of carboxylic acids is 1. The molecule has 5 nitrogen and oxygen atoms in total. The van der Waals surface area contributed by atoms with Crippen molar-refractivity contribution < 1.29 is 9.90 Å². The lowest BCUT2D eigenvalue weighted by Gasteiger charge is -1.95. The van der Waals surface area contributed by atoms with Gasteiger partial charge in [-0.15, -0.1) is 5.10 Å². The number of carboxylic acid groups (broad SMARTS) is 1. The van der Waals surface area contributed by atoms with Crippen LogP contribution in [0.5, 0.6) is 0 Å². The molecular weight excluding hydrogens is 158 g/mol. The van der Waals surface area contributed by atoms with Crippen LogP contribution < -0.4 is 0 Å². The molecule has 1 heterocycles. The maximum atomic E-state index is 10.5. The lowest BCUT2D eigenvalue weighted by molar-refractivity contribution is -0.138. The van der Waals surface area contributed by atoms with Crippen LogP contribution in [0.25, 0.3) is 0 Å². The number of carbonyl (C=O) groups is 1. The third-order valence-corrected chi connectivity index (χ3v) is 2.24. The molecule has 0 amide bonds. The number of aryl methyl sites for hydroxylation is 1. The van der Waals surface area contributed by atoms with Gasteiger partial charge in [-0.1, -0.05) is 5.21 Å². The van der Waals surface area contributed by atoms with Crippen LogP contribution in [-0.4, -0.2) is 26.1 Å². The summed E-state index contributed by atoms with van der Waals surface area (Å²) >= 11 is 0. The Morgan fingerprint density at radius 3 is 3.00 bits per heavy atom. The first-order valence-electron chi connectivity index (χ1n) is 3.77. The fraction of sp³-hybridized carbons (Fsp3) is 0.571. The summed E-state index contributed by atoms with van der Waals surface area (Å²) in [6.07, 6.45) is 2.35. The Balaban J connectivity index is 2.15. The average Bonchev–Trinajstić information content (AvgIpc) is 2.70. The van der Waals surface area contributed by atoms with Gasteiger partial charge in [-0.2, -0.15) is 0 Å². The van der Waals surface area contributed by atoms with Gasteiger partial charge in [-0.3, -0.25) is 9.48 Å². The monoisotopic (exact) mass is 167 g/mol. The second-order valence-corrected chi connectivity index (χ2v) is 3.07. The van der Waals surface area contributed by atoms with E-state index >= 15 is 0 Å². The molecule has 1 aliphatic rings. The first-order valence-corrected chi connectivity index (χ1v) is 3.77. The normalized spacial score (nSPS) is 27.1. The van der Waals surface area contributed by atoms with E-state index in [4.69, 9.17) is 5.11 Å². The van der Waals surface area contributed by atoms with Crippen molar-refractivity contribution in [2.75, 3.05) is 0 Å². The lowest BCUT2D eigenvalue weighted by Crippen LogP contribution is -2.02. The third-order valence-electron chi connectivity index (χ3n) is 2.24. The topological polar surface area (TPSA) is 68.0 Å². The van der Waals surface area contributed by atoms with E-state index in [2.05, 4.69) is 10.3 Å². The van der Waals surface area contributed by atoms with Crippen LogP contribution in [0.15, 0.2) is 6.20 Å². The van der Waals surface area contributed by atoms with Crippen LogP contribution in [0.1, 0.15) is 18.0 Å². The second-order valence-electron chi connectivity index (χ2n) is 3.07. The largest absolute Gasteiger partial charge is 0.481 e. The van der Waals surface area contributed by atoms with Crippen LogP contribution in [0.3, 0.4) is 0 Å². The van der Waals surface area contributed by atoms with Crippen molar-refractivity contribution in [2.45, 2.75) is 12.3 Å². The summed E-state index contributed by atoms with van der Waals surface area (Å²) in [4.78, 5) is 10.5. The van der Waals surface area contributed by atoms with Crippen LogP contribution in [0.2, 0.25) is 0 Å². The number of aliphatic carboxylic acids is 1. The minimum atomic E-state index is -0.721. The zero-order chi connectivity index (χ0) is 8.72. The molecule has 2 rings (SSSR count). The summed E-state index contributed by atoms with van der Waals surface area (Å²) in [5.74, 6) is -0.814. The van der Waals surface area contributed by atoms with Gasteiger partial charge < -0.3 is 5.11 Å². The number of hydrogen-bond donors (Lipinski definition) is 1. The quantitative estimate of drug-likeness (QED) is 0.673. The zero-order valence-electron chi connectivity index (χ0n) is 6.64. The highest BCUT2D eigenvalue weighted by atomic mass is 16.4. The molecule has 0 aliphatic heterocycles. The number of hydrogen-bond acceptors (Lipinski definition) is 3. The molecule has 12 heavy (non-hydrogen) atoms. The Kier molecular flexibility index (Phi) is 1.39. The molecule has 1 saturated carbocycles. The lowest BCUT2D eigenvalue weighted by atomic mass is 10.2. The van der Waals surface area contributed by atoms with E-state index in [1.807, 2.05) is 0 Å². The Bertz CT molecular complexity index is 320. The number of aromatic nitrogens is 3. The van der Waals surface area contributed by atoms with Crippen molar-refractivity contribution in [2.24, 2.45) is 13.0 Å². The molecule has 0 aromatic carbocycles. The summed E-state index contributed by atoms with van der Waals surface area (Å²) in [6, 6.07) is 0. The summed E-state index contributed by atoms with van der Waals surface area (Å²) in [5, 5.41) is 16.1. The molecule has 1 aromatic heterocycles. The van der Waals surface area contributed by atoms with E-state index in [0.717, 1.165) is 12.1 Å². The summed E-state index contributed by atoms with van der Waals surface area (Å²) in [5.41, 5.74) is 0.919. The van der Waals surface area contributed by atoms with E-state index in [9.17, 15) is 4.79 Å². The molecule has 0 radical (unpaired) electrons. The highest BCUT2D eigenvalue weighted by Crippen LogP contribution is 2.46. The maximum Gasteiger partial charge on any atom is 0.307 e. The first-order chi connectivity index (χ1) is 5.70.